The van der Waals surface area contributed by atoms with E-state index in [4.69, 9.17) is 4.74 Å². The third kappa shape index (κ3) is 3.40. The van der Waals surface area contributed by atoms with Crippen LogP contribution in [-0.2, 0) is 0 Å². The van der Waals surface area contributed by atoms with E-state index in [1.807, 2.05) is 43.4 Å². The fourth-order valence-electron chi connectivity index (χ4n) is 3.44. The summed E-state index contributed by atoms with van der Waals surface area (Å²) in [7, 11) is 1.86. The van der Waals surface area contributed by atoms with Gasteiger partial charge in [0.1, 0.15) is 11.4 Å². The average molecular weight is 326 g/mol. The van der Waals surface area contributed by atoms with Crippen molar-refractivity contribution in [3.05, 3.63) is 60.2 Å². The van der Waals surface area contributed by atoms with Crippen LogP contribution in [0.3, 0.4) is 0 Å². The van der Waals surface area contributed by atoms with E-state index >= 15 is 0 Å². The molecule has 0 aliphatic carbocycles. The van der Waals surface area contributed by atoms with Crippen molar-refractivity contribution in [1.29, 1.82) is 0 Å². The molecule has 2 aromatic carbocycles. The maximum absolute atomic E-state index is 10.9. The van der Waals surface area contributed by atoms with Crippen molar-refractivity contribution in [3.8, 4) is 5.75 Å². The van der Waals surface area contributed by atoms with Crippen molar-refractivity contribution in [2.45, 2.75) is 31.6 Å². The molecule has 0 radical (unpaired) electrons. The van der Waals surface area contributed by atoms with Gasteiger partial charge in [0.25, 0.3) is 0 Å². The highest BCUT2D eigenvalue weighted by Crippen LogP contribution is 2.42. The fraction of sp³-hybridized carbons (Fsp3) is 0.400. The molecule has 3 rings (SSSR count). The number of ether oxygens (including phenoxy) is 1. The fourth-order valence-corrected chi connectivity index (χ4v) is 3.44. The van der Waals surface area contributed by atoms with Crippen LogP contribution < -0.4 is 15.0 Å². The van der Waals surface area contributed by atoms with Crippen molar-refractivity contribution in [1.82, 2.24) is 5.32 Å². The lowest BCUT2D eigenvalue weighted by atomic mass is 9.95. The summed E-state index contributed by atoms with van der Waals surface area (Å²) in [5, 5.41) is 14.0. The molecule has 2 aromatic rings. The van der Waals surface area contributed by atoms with Crippen LogP contribution >= 0.6 is 0 Å². The molecule has 4 nitrogen and oxygen atoms in total. The number of likely N-dealkylation sites (N-methyl/N-ethyl adjacent to an activating group) is 1. The third-order valence-electron chi connectivity index (χ3n) is 4.37. The van der Waals surface area contributed by atoms with Crippen LogP contribution in [0, 0.1) is 0 Å². The second-order valence-electron chi connectivity index (χ2n) is 6.94. The number of nitrogens with zero attached hydrogens (tertiary/aromatic N) is 1. The summed E-state index contributed by atoms with van der Waals surface area (Å²) in [6.07, 6.45) is -0.528. The summed E-state index contributed by atoms with van der Waals surface area (Å²) >= 11 is 0. The first-order valence-corrected chi connectivity index (χ1v) is 8.44. The Morgan fingerprint density at radius 2 is 1.79 bits per heavy atom. The van der Waals surface area contributed by atoms with Crippen LogP contribution in [-0.4, -0.2) is 36.9 Å². The number of benzene rings is 2. The van der Waals surface area contributed by atoms with Crippen molar-refractivity contribution >= 4 is 5.69 Å². The second kappa shape index (κ2) is 6.83. The smallest absolute Gasteiger partial charge is 0.143 e. The van der Waals surface area contributed by atoms with Crippen molar-refractivity contribution in [3.63, 3.8) is 0 Å². The molecule has 0 saturated heterocycles. The molecule has 0 amide bonds. The molecule has 0 aromatic heterocycles. The van der Waals surface area contributed by atoms with Crippen LogP contribution in [0.5, 0.6) is 5.75 Å². The molecule has 2 N–H and O–H groups in total. The van der Waals surface area contributed by atoms with Gasteiger partial charge in [-0.15, -0.1) is 0 Å². The highest BCUT2D eigenvalue weighted by Gasteiger charge is 2.38. The first-order chi connectivity index (χ1) is 11.5. The van der Waals surface area contributed by atoms with E-state index in [2.05, 4.69) is 42.3 Å². The van der Waals surface area contributed by atoms with E-state index in [1.54, 1.807) is 0 Å². The van der Waals surface area contributed by atoms with Crippen molar-refractivity contribution in [2.24, 2.45) is 0 Å². The molecule has 0 fully saturated rings. The van der Waals surface area contributed by atoms with E-state index < -0.39 is 6.10 Å². The minimum Gasteiger partial charge on any atom is -0.484 e. The molecule has 2 atom stereocenters. The Bertz CT molecular complexity index is 672. The van der Waals surface area contributed by atoms with Gasteiger partial charge in [-0.1, -0.05) is 42.5 Å². The van der Waals surface area contributed by atoms with E-state index in [-0.39, 0.29) is 11.6 Å². The number of hydrogen-bond donors (Lipinski definition) is 2. The number of hydrogen-bond acceptors (Lipinski definition) is 4. The normalized spacial score (nSPS) is 18.4. The van der Waals surface area contributed by atoms with Gasteiger partial charge >= 0.3 is 0 Å². The topological polar surface area (TPSA) is 44.7 Å². The van der Waals surface area contributed by atoms with E-state index in [9.17, 15) is 5.11 Å². The number of para-hydroxylation sites is 2. The summed E-state index contributed by atoms with van der Waals surface area (Å²) < 4.78 is 6.14. The van der Waals surface area contributed by atoms with Gasteiger partial charge in [0, 0.05) is 6.54 Å². The average Bonchev–Trinajstić information content (AvgIpc) is 2.55. The molecule has 1 aliphatic rings. The Morgan fingerprint density at radius 1 is 1.12 bits per heavy atom. The zero-order valence-corrected chi connectivity index (χ0v) is 14.6. The van der Waals surface area contributed by atoms with E-state index in [0.29, 0.717) is 13.1 Å². The molecular formula is C20H26N2O2. The van der Waals surface area contributed by atoms with Crippen LogP contribution in [0.25, 0.3) is 0 Å². The minimum absolute atomic E-state index is 0.136. The Balaban J connectivity index is 2.07. The second-order valence-corrected chi connectivity index (χ2v) is 6.94. The number of fused-ring (bicyclic) bond motifs is 1. The lowest BCUT2D eigenvalue weighted by molar-refractivity contribution is 0.0840. The van der Waals surface area contributed by atoms with Crippen molar-refractivity contribution in [2.75, 3.05) is 25.0 Å². The molecule has 0 spiro atoms. The molecule has 128 valence electrons. The molecular weight excluding hydrogens is 300 g/mol. The highest BCUT2D eigenvalue weighted by molar-refractivity contribution is 5.62. The van der Waals surface area contributed by atoms with Gasteiger partial charge in [-0.3, -0.25) is 0 Å². The Labute approximate surface area is 144 Å². The van der Waals surface area contributed by atoms with Gasteiger partial charge in [-0.25, -0.2) is 0 Å². The Hall–Kier alpha value is -2.04. The van der Waals surface area contributed by atoms with Crippen LogP contribution in [0.2, 0.25) is 0 Å². The first-order valence-electron chi connectivity index (χ1n) is 8.44. The molecule has 0 saturated carbocycles. The van der Waals surface area contributed by atoms with Gasteiger partial charge in [-0.2, -0.15) is 0 Å². The molecule has 2 unspecified atom stereocenters. The van der Waals surface area contributed by atoms with E-state index in [1.165, 1.54) is 0 Å². The third-order valence-corrected chi connectivity index (χ3v) is 4.37. The largest absolute Gasteiger partial charge is 0.484 e. The first kappa shape index (κ1) is 16.8. The summed E-state index contributed by atoms with van der Waals surface area (Å²) in [6.45, 7) is 5.41. The summed E-state index contributed by atoms with van der Waals surface area (Å²) in [6, 6.07) is 18.1. The maximum atomic E-state index is 10.9. The zero-order chi connectivity index (χ0) is 17.2. The number of aliphatic hydroxyl groups excluding tert-OH is 1. The van der Waals surface area contributed by atoms with Crippen molar-refractivity contribution < 1.29 is 9.84 Å². The standard InChI is InChI=1S/C20H26N2O2/c1-20(2)14-22(16-11-7-8-12-18(16)24-20)19(17(23)13-21-3)15-9-5-4-6-10-15/h4-12,17,19,21,23H,13-14H2,1-3H3. The monoisotopic (exact) mass is 326 g/mol. The number of anilines is 1. The van der Waals surface area contributed by atoms with Gasteiger partial charge in [0.15, 0.2) is 0 Å². The van der Waals surface area contributed by atoms with Crippen LogP contribution in [0.1, 0.15) is 25.5 Å². The van der Waals surface area contributed by atoms with Gasteiger partial charge in [0.2, 0.25) is 0 Å². The van der Waals surface area contributed by atoms with Crippen LogP contribution in [0.15, 0.2) is 54.6 Å². The van der Waals surface area contributed by atoms with Crippen LogP contribution in [0.4, 0.5) is 5.69 Å². The lowest BCUT2D eigenvalue weighted by Crippen LogP contribution is -2.51. The molecule has 0 bridgehead atoms. The Morgan fingerprint density at radius 3 is 2.50 bits per heavy atom. The van der Waals surface area contributed by atoms with Gasteiger partial charge in [-0.05, 0) is 38.6 Å². The van der Waals surface area contributed by atoms with Gasteiger partial charge < -0.3 is 20.1 Å². The summed E-state index contributed by atoms with van der Waals surface area (Å²) in [4.78, 5) is 2.27. The zero-order valence-electron chi connectivity index (χ0n) is 14.6. The van der Waals surface area contributed by atoms with E-state index in [0.717, 1.165) is 17.0 Å². The number of aliphatic hydroxyl groups is 1. The van der Waals surface area contributed by atoms with Gasteiger partial charge in [0.05, 0.1) is 24.4 Å². The summed E-state index contributed by atoms with van der Waals surface area (Å²) in [5.74, 6) is 0.867. The lowest BCUT2D eigenvalue weighted by Gasteiger charge is -2.46. The SMILES string of the molecule is CNCC(O)C(c1ccccc1)N1CC(C)(C)Oc2ccccc21. The predicted molar refractivity (Wildman–Crippen MR) is 97.6 cm³/mol. The molecule has 1 heterocycles. The molecule has 24 heavy (non-hydrogen) atoms. The highest BCUT2D eigenvalue weighted by atomic mass is 16.5. The molecule has 4 heteroatoms. The summed E-state index contributed by atoms with van der Waals surface area (Å²) in [5.41, 5.74) is 1.81. The minimum atomic E-state index is -0.528. The quantitative estimate of drug-likeness (QED) is 0.887. The Kier molecular flexibility index (Phi) is 4.78. The molecule has 1 aliphatic heterocycles. The number of rotatable bonds is 5. The maximum Gasteiger partial charge on any atom is 0.143 e. The predicted octanol–water partition coefficient (Wildman–Crippen LogP) is 2.99. The number of nitrogens with one attached hydrogen (secondary N) is 1.